The van der Waals surface area contributed by atoms with Crippen LogP contribution in [-0.2, 0) is 5.41 Å². The highest BCUT2D eigenvalue weighted by Gasteiger charge is 2.49. The molecule has 0 amide bonds. The number of nitriles is 1. The summed E-state index contributed by atoms with van der Waals surface area (Å²) in [6.07, 6.45) is 1.22. The van der Waals surface area contributed by atoms with Crippen molar-refractivity contribution >= 4 is 0 Å². The predicted molar refractivity (Wildman–Crippen MR) is 51.1 cm³/mol. The van der Waals surface area contributed by atoms with Crippen LogP contribution in [0.5, 0.6) is 11.5 Å². The predicted octanol–water partition coefficient (Wildman–Crippen LogP) is 2.10. The van der Waals surface area contributed by atoms with Crippen LogP contribution in [0.1, 0.15) is 18.4 Å². The molecule has 0 aromatic heterocycles. The zero-order valence-corrected chi connectivity index (χ0v) is 8.25. The molecule has 1 aliphatic carbocycles. The number of aromatic hydroxyl groups is 1. The number of methoxy groups -OCH3 is 1. The van der Waals surface area contributed by atoms with Gasteiger partial charge >= 0.3 is 0 Å². The van der Waals surface area contributed by atoms with Gasteiger partial charge in [-0.2, -0.15) is 5.26 Å². The van der Waals surface area contributed by atoms with Crippen LogP contribution in [0, 0.1) is 17.1 Å². The standard InChI is InChI=1S/C11H10FNO2/c1-15-8-3-2-7(14)10(12)9(8)11(6-13)4-5-11/h2-3,14H,4-5H2,1H3. The van der Waals surface area contributed by atoms with Gasteiger partial charge in [-0.15, -0.1) is 0 Å². The lowest BCUT2D eigenvalue weighted by Crippen LogP contribution is -2.08. The molecule has 0 unspecified atom stereocenters. The van der Waals surface area contributed by atoms with Crippen LogP contribution < -0.4 is 4.74 Å². The van der Waals surface area contributed by atoms with Gasteiger partial charge in [0.2, 0.25) is 0 Å². The second kappa shape index (κ2) is 3.13. The van der Waals surface area contributed by atoms with E-state index in [1.165, 1.54) is 19.2 Å². The quantitative estimate of drug-likeness (QED) is 0.807. The van der Waals surface area contributed by atoms with Crippen molar-refractivity contribution in [1.29, 1.82) is 5.26 Å². The van der Waals surface area contributed by atoms with Crippen LogP contribution in [0.25, 0.3) is 0 Å². The minimum Gasteiger partial charge on any atom is -0.505 e. The Kier molecular flexibility index (Phi) is 2.04. The van der Waals surface area contributed by atoms with Gasteiger partial charge in [0.15, 0.2) is 11.6 Å². The van der Waals surface area contributed by atoms with Gasteiger partial charge in [-0.05, 0) is 25.0 Å². The number of halogens is 1. The monoisotopic (exact) mass is 207 g/mol. The first kappa shape index (κ1) is 9.78. The van der Waals surface area contributed by atoms with E-state index < -0.39 is 17.0 Å². The number of ether oxygens (including phenoxy) is 1. The highest BCUT2D eigenvalue weighted by Crippen LogP contribution is 2.52. The third-order valence-electron chi connectivity index (χ3n) is 2.75. The summed E-state index contributed by atoms with van der Waals surface area (Å²) in [6, 6.07) is 4.79. The SMILES string of the molecule is COc1ccc(O)c(F)c1C1(C#N)CC1. The van der Waals surface area contributed by atoms with E-state index in [9.17, 15) is 9.50 Å². The molecular weight excluding hydrogens is 197 g/mol. The molecule has 1 N–H and O–H groups in total. The Morgan fingerprint density at radius 1 is 1.53 bits per heavy atom. The van der Waals surface area contributed by atoms with E-state index in [0.29, 0.717) is 18.6 Å². The summed E-state index contributed by atoms with van der Waals surface area (Å²) >= 11 is 0. The summed E-state index contributed by atoms with van der Waals surface area (Å²) in [7, 11) is 1.42. The largest absolute Gasteiger partial charge is 0.505 e. The second-order valence-corrected chi connectivity index (χ2v) is 3.67. The van der Waals surface area contributed by atoms with Gasteiger partial charge in [0.1, 0.15) is 5.75 Å². The summed E-state index contributed by atoms with van der Waals surface area (Å²) in [4.78, 5) is 0. The average Bonchev–Trinajstić information content (AvgIpc) is 3.02. The Morgan fingerprint density at radius 3 is 2.67 bits per heavy atom. The van der Waals surface area contributed by atoms with E-state index in [-0.39, 0.29) is 5.56 Å². The Balaban J connectivity index is 2.63. The molecule has 0 atom stereocenters. The maximum absolute atomic E-state index is 13.7. The molecule has 0 heterocycles. The summed E-state index contributed by atoms with van der Waals surface area (Å²) < 4.78 is 18.7. The van der Waals surface area contributed by atoms with E-state index in [1.807, 2.05) is 0 Å². The van der Waals surface area contributed by atoms with E-state index in [0.717, 1.165) is 0 Å². The number of nitrogens with zero attached hydrogens (tertiary/aromatic N) is 1. The van der Waals surface area contributed by atoms with E-state index >= 15 is 0 Å². The average molecular weight is 207 g/mol. The molecule has 15 heavy (non-hydrogen) atoms. The fourth-order valence-corrected chi connectivity index (χ4v) is 1.71. The Bertz CT molecular complexity index is 447. The lowest BCUT2D eigenvalue weighted by atomic mass is 9.95. The third-order valence-corrected chi connectivity index (χ3v) is 2.75. The smallest absolute Gasteiger partial charge is 0.173 e. The Hall–Kier alpha value is -1.76. The van der Waals surface area contributed by atoms with Crippen molar-refractivity contribution in [1.82, 2.24) is 0 Å². The lowest BCUT2D eigenvalue weighted by Gasteiger charge is -2.13. The van der Waals surface area contributed by atoms with E-state index in [1.54, 1.807) is 0 Å². The highest BCUT2D eigenvalue weighted by molar-refractivity contribution is 5.52. The number of phenolic OH excluding ortho intramolecular Hbond substituents is 1. The molecule has 78 valence electrons. The summed E-state index contributed by atoms with van der Waals surface area (Å²) in [5, 5.41) is 18.3. The van der Waals surface area contributed by atoms with Crippen molar-refractivity contribution in [3.8, 4) is 17.6 Å². The van der Waals surface area contributed by atoms with E-state index in [2.05, 4.69) is 6.07 Å². The first-order valence-corrected chi connectivity index (χ1v) is 4.62. The highest BCUT2D eigenvalue weighted by atomic mass is 19.1. The lowest BCUT2D eigenvalue weighted by molar-refractivity contribution is 0.387. The molecule has 0 radical (unpaired) electrons. The van der Waals surface area contributed by atoms with Crippen LogP contribution in [0.2, 0.25) is 0 Å². The van der Waals surface area contributed by atoms with Crippen molar-refractivity contribution in [2.75, 3.05) is 7.11 Å². The molecule has 1 fully saturated rings. The van der Waals surface area contributed by atoms with Crippen molar-refractivity contribution in [3.05, 3.63) is 23.5 Å². The molecule has 4 heteroatoms. The normalized spacial score (nSPS) is 16.9. The molecular formula is C11H10FNO2. The maximum atomic E-state index is 13.7. The molecule has 0 saturated heterocycles. The third kappa shape index (κ3) is 1.32. The van der Waals surface area contributed by atoms with Crippen LogP contribution in [0.4, 0.5) is 4.39 Å². The minimum atomic E-state index is -0.797. The van der Waals surface area contributed by atoms with Crippen LogP contribution in [-0.4, -0.2) is 12.2 Å². The number of hydrogen-bond acceptors (Lipinski definition) is 3. The summed E-state index contributed by atoms with van der Waals surface area (Å²) in [6.45, 7) is 0. The topological polar surface area (TPSA) is 53.2 Å². The second-order valence-electron chi connectivity index (χ2n) is 3.67. The summed E-state index contributed by atoms with van der Waals surface area (Å²) in [5.41, 5.74) is -0.610. The van der Waals surface area contributed by atoms with Crippen LogP contribution >= 0.6 is 0 Å². The molecule has 1 saturated carbocycles. The van der Waals surface area contributed by atoms with Crippen molar-refractivity contribution in [2.24, 2.45) is 0 Å². The molecule has 3 nitrogen and oxygen atoms in total. The van der Waals surface area contributed by atoms with E-state index in [4.69, 9.17) is 10.00 Å². The first-order valence-electron chi connectivity index (χ1n) is 4.62. The zero-order valence-electron chi connectivity index (χ0n) is 8.25. The maximum Gasteiger partial charge on any atom is 0.173 e. The zero-order chi connectivity index (χ0) is 11.1. The minimum absolute atomic E-state index is 0.188. The van der Waals surface area contributed by atoms with Crippen molar-refractivity contribution < 1.29 is 14.2 Å². The summed E-state index contributed by atoms with van der Waals surface area (Å²) in [5.74, 6) is -0.856. The van der Waals surface area contributed by atoms with Gasteiger partial charge in [0.25, 0.3) is 0 Å². The molecule has 1 aromatic carbocycles. The molecule has 1 aromatic rings. The molecule has 0 aliphatic heterocycles. The van der Waals surface area contributed by atoms with Crippen molar-refractivity contribution in [3.63, 3.8) is 0 Å². The molecule has 2 rings (SSSR count). The van der Waals surface area contributed by atoms with Crippen LogP contribution in [0.3, 0.4) is 0 Å². The number of phenols is 1. The van der Waals surface area contributed by atoms with Gasteiger partial charge in [0.05, 0.1) is 24.2 Å². The molecule has 1 aliphatic rings. The Labute approximate surface area is 86.7 Å². The number of benzene rings is 1. The Morgan fingerprint density at radius 2 is 2.20 bits per heavy atom. The number of rotatable bonds is 2. The van der Waals surface area contributed by atoms with Gasteiger partial charge in [-0.3, -0.25) is 0 Å². The number of hydrogen-bond donors (Lipinski definition) is 1. The van der Waals surface area contributed by atoms with Gasteiger partial charge in [0, 0.05) is 0 Å². The molecule has 0 bridgehead atoms. The fraction of sp³-hybridized carbons (Fsp3) is 0.364. The first-order chi connectivity index (χ1) is 7.14. The fourth-order valence-electron chi connectivity index (χ4n) is 1.71. The van der Waals surface area contributed by atoms with Gasteiger partial charge in [-0.25, -0.2) is 4.39 Å². The van der Waals surface area contributed by atoms with Gasteiger partial charge < -0.3 is 9.84 Å². The van der Waals surface area contributed by atoms with Crippen molar-refractivity contribution in [2.45, 2.75) is 18.3 Å². The van der Waals surface area contributed by atoms with Gasteiger partial charge in [-0.1, -0.05) is 0 Å². The van der Waals surface area contributed by atoms with Crippen LogP contribution in [0.15, 0.2) is 12.1 Å². The molecule has 0 spiro atoms.